The van der Waals surface area contributed by atoms with Gasteiger partial charge < -0.3 is 0 Å². The van der Waals surface area contributed by atoms with E-state index in [1.165, 1.54) is 18.6 Å². The fourth-order valence-electron chi connectivity index (χ4n) is 2.52. The predicted octanol–water partition coefficient (Wildman–Crippen LogP) is 2.23. The molecular weight excluding hydrogens is 154 g/mol. The maximum atomic E-state index is 3.69. The van der Waals surface area contributed by atoms with Crippen molar-refractivity contribution in [3.8, 4) is 0 Å². The highest BCUT2D eigenvalue weighted by Crippen LogP contribution is 2.55. The average Bonchev–Trinajstić information content (AvgIpc) is 2.08. The summed E-state index contributed by atoms with van der Waals surface area (Å²) in [6.07, 6.45) is 2.71. The highest BCUT2D eigenvalue weighted by atomic mass is 32.2. The molecule has 0 aromatic rings. The van der Waals surface area contributed by atoms with Gasteiger partial charge in [-0.15, -0.1) is 11.8 Å². The molecule has 2 aliphatic rings. The summed E-state index contributed by atoms with van der Waals surface area (Å²) in [5, 5.41) is 3.69. The lowest BCUT2D eigenvalue weighted by atomic mass is 9.68. The third kappa shape index (κ3) is 1.31. The van der Waals surface area contributed by atoms with Gasteiger partial charge in [0.2, 0.25) is 0 Å². The molecule has 1 heterocycles. The van der Waals surface area contributed by atoms with Gasteiger partial charge in [-0.05, 0) is 25.2 Å². The maximum absolute atomic E-state index is 3.69. The second-order valence-corrected chi connectivity index (χ2v) is 6.27. The van der Waals surface area contributed by atoms with Gasteiger partial charge in [-0.2, -0.15) is 0 Å². The van der Waals surface area contributed by atoms with Crippen LogP contribution in [0, 0.1) is 5.41 Å². The largest absolute Gasteiger partial charge is 0.299 e. The molecule has 1 atom stereocenters. The van der Waals surface area contributed by atoms with Crippen molar-refractivity contribution < 1.29 is 0 Å². The fourth-order valence-corrected chi connectivity index (χ4v) is 4.44. The van der Waals surface area contributed by atoms with Crippen molar-refractivity contribution in [2.75, 3.05) is 5.75 Å². The van der Waals surface area contributed by atoms with E-state index in [-0.39, 0.29) is 0 Å². The van der Waals surface area contributed by atoms with E-state index in [1.54, 1.807) is 0 Å². The van der Waals surface area contributed by atoms with Crippen LogP contribution in [0.5, 0.6) is 0 Å². The Labute approximate surface area is 73.3 Å². The molecule has 1 saturated carbocycles. The second kappa shape index (κ2) is 2.17. The third-order valence-corrected chi connectivity index (χ3v) is 4.27. The summed E-state index contributed by atoms with van der Waals surface area (Å²) < 4.78 is 0. The van der Waals surface area contributed by atoms with Crippen molar-refractivity contribution in [1.82, 2.24) is 5.32 Å². The summed E-state index contributed by atoms with van der Waals surface area (Å²) in [6.45, 7) is 7.01. The van der Waals surface area contributed by atoms with Gasteiger partial charge in [0.15, 0.2) is 0 Å². The van der Waals surface area contributed by atoms with Crippen LogP contribution in [0.3, 0.4) is 0 Å². The number of nitrogens with one attached hydrogen (secondary N) is 1. The zero-order chi connectivity index (χ0) is 8.11. The average molecular weight is 171 g/mol. The Hall–Kier alpha value is 0.310. The lowest BCUT2D eigenvalue weighted by Gasteiger charge is -2.51. The molecule has 11 heavy (non-hydrogen) atoms. The molecular formula is C9H17NS. The Morgan fingerprint density at radius 2 is 2.00 bits per heavy atom. The normalized spacial score (nSPS) is 39.0. The molecule has 2 rings (SSSR count). The summed E-state index contributed by atoms with van der Waals surface area (Å²) >= 11 is 2.13. The van der Waals surface area contributed by atoms with E-state index < -0.39 is 0 Å². The van der Waals surface area contributed by atoms with Crippen LogP contribution in [0.2, 0.25) is 0 Å². The predicted molar refractivity (Wildman–Crippen MR) is 50.8 cm³/mol. The molecule has 1 unspecified atom stereocenters. The maximum Gasteiger partial charge on any atom is 0.0658 e. The van der Waals surface area contributed by atoms with Crippen LogP contribution < -0.4 is 5.32 Å². The van der Waals surface area contributed by atoms with Gasteiger partial charge in [0, 0.05) is 11.8 Å². The molecule has 0 bridgehead atoms. The summed E-state index contributed by atoms with van der Waals surface area (Å²) in [6, 6.07) is 0.732. The fraction of sp³-hybridized carbons (Fsp3) is 1.00. The first kappa shape index (κ1) is 7.93. The van der Waals surface area contributed by atoms with Crippen LogP contribution in [-0.4, -0.2) is 16.7 Å². The van der Waals surface area contributed by atoms with E-state index in [0.717, 1.165) is 6.04 Å². The minimum Gasteiger partial charge on any atom is -0.299 e. The molecule has 1 nitrogen and oxygen atoms in total. The Balaban J connectivity index is 1.97. The van der Waals surface area contributed by atoms with E-state index in [9.17, 15) is 0 Å². The van der Waals surface area contributed by atoms with E-state index in [4.69, 9.17) is 0 Å². The van der Waals surface area contributed by atoms with Crippen LogP contribution in [0.4, 0.5) is 0 Å². The minimum atomic E-state index is 0.489. The van der Waals surface area contributed by atoms with E-state index in [2.05, 4.69) is 37.8 Å². The van der Waals surface area contributed by atoms with Crippen LogP contribution in [0.15, 0.2) is 0 Å². The van der Waals surface area contributed by atoms with Crippen LogP contribution in [0.1, 0.15) is 33.6 Å². The van der Waals surface area contributed by atoms with Gasteiger partial charge in [-0.25, -0.2) is 0 Å². The van der Waals surface area contributed by atoms with Crippen molar-refractivity contribution in [2.24, 2.45) is 5.41 Å². The van der Waals surface area contributed by atoms with Gasteiger partial charge >= 0.3 is 0 Å². The highest BCUT2D eigenvalue weighted by molar-refractivity contribution is 8.01. The first-order chi connectivity index (χ1) is 5.02. The molecule has 1 N–H and O–H groups in total. The van der Waals surface area contributed by atoms with E-state index >= 15 is 0 Å². The second-order valence-electron chi connectivity index (χ2n) is 4.87. The Morgan fingerprint density at radius 3 is 2.36 bits per heavy atom. The van der Waals surface area contributed by atoms with Crippen LogP contribution in [-0.2, 0) is 0 Å². The zero-order valence-electron chi connectivity index (χ0n) is 7.61. The van der Waals surface area contributed by atoms with Gasteiger partial charge in [-0.1, -0.05) is 13.8 Å². The molecule has 1 aliphatic carbocycles. The van der Waals surface area contributed by atoms with Crippen LogP contribution >= 0.6 is 11.8 Å². The standard InChI is InChI=1S/C9H17NS/c1-7-4-11-9(10-7)5-8(2,3)6-9/h7,10H,4-6H2,1-3H3. The van der Waals surface area contributed by atoms with Crippen molar-refractivity contribution in [3.05, 3.63) is 0 Å². The molecule has 2 fully saturated rings. The first-order valence-electron chi connectivity index (χ1n) is 4.43. The van der Waals surface area contributed by atoms with Gasteiger partial charge in [0.05, 0.1) is 4.87 Å². The molecule has 0 aromatic carbocycles. The lowest BCUT2D eigenvalue weighted by Crippen LogP contribution is -2.54. The SMILES string of the molecule is CC1CSC2(CC(C)(C)C2)N1. The first-order valence-corrected chi connectivity index (χ1v) is 5.42. The Bertz CT molecular complexity index is 168. The summed E-state index contributed by atoms with van der Waals surface area (Å²) in [5.74, 6) is 1.30. The number of rotatable bonds is 0. The topological polar surface area (TPSA) is 12.0 Å². The lowest BCUT2D eigenvalue weighted by molar-refractivity contribution is 0.102. The highest BCUT2D eigenvalue weighted by Gasteiger charge is 2.52. The minimum absolute atomic E-state index is 0.489. The summed E-state index contributed by atoms with van der Waals surface area (Å²) in [5.41, 5.74) is 0.601. The van der Waals surface area contributed by atoms with Gasteiger partial charge in [-0.3, -0.25) is 5.32 Å². The molecule has 1 spiro atoms. The summed E-state index contributed by atoms with van der Waals surface area (Å²) in [7, 11) is 0. The monoisotopic (exact) mass is 171 g/mol. The van der Waals surface area contributed by atoms with Gasteiger partial charge in [0.1, 0.15) is 0 Å². The number of hydrogen-bond donors (Lipinski definition) is 1. The van der Waals surface area contributed by atoms with Crippen molar-refractivity contribution in [1.29, 1.82) is 0 Å². The molecule has 0 amide bonds. The van der Waals surface area contributed by atoms with Crippen molar-refractivity contribution in [3.63, 3.8) is 0 Å². The van der Waals surface area contributed by atoms with Crippen LogP contribution in [0.25, 0.3) is 0 Å². The molecule has 2 heteroatoms. The van der Waals surface area contributed by atoms with Gasteiger partial charge in [0.25, 0.3) is 0 Å². The Morgan fingerprint density at radius 1 is 1.36 bits per heavy atom. The molecule has 1 saturated heterocycles. The molecule has 0 radical (unpaired) electrons. The van der Waals surface area contributed by atoms with Crippen molar-refractivity contribution in [2.45, 2.75) is 44.5 Å². The van der Waals surface area contributed by atoms with Crippen molar-refractivity contribution >= 4 is 11.8 Å². The zero-order valence-corrected chi connectivity index (χ0v) is 8.42. The van der Waals surface area contributed by atoms with E-state index in [0.29, 0.717) is 10.3 Å². The molecule has 64 valence electrons. The number of thioether (sulfide) groups is 1. The number of hydrogen-bond acceptors (Lipinski definition) is 2. The third-order valence-electron chi connectivity index (χ3n) is 2.65. The summed E-state index contributed by atoms with van der Waals surface area (Å²) in [4.78, 5) is 0.489. The molecule has 0 aromatic heterocycles. The molecule has 1 aliphatic heterocycles. The van der Waals surface area contributed by atoms with E-state index in [1.807, 2.05) is 0 Å². The quantitative estimate of drug-likeness (QED) is 0.600. The Kier molecular flexibility index (Phi) is 1.56. The smallest absolute Gasteiger partial charge is 0.0658 e.